The molecule has 1 aromatic heterocycles. The zero-order chi connectivity index (χ0) is 18.1. The van der Waals surface area contributed by atoms with Gasteiger partial charge in [0, 0.05) is 11.7 Å². The summed E-state index contributed by atoms with van der Waals surface area (Å²) in [5.41, 5.74) is 1.11. The van der Waals surface area contributed by atoms with E-state index >= 15 is 0 Å². The second-order valence-electron chi connectivity index (χ2n) is 6.16. The minimum Gasteiger partial charge on any atom is -0.325 e. The molecule has 1 heterocycles. The third-order valence-corrected chi connectivity index (χ3v) is 5.10. The summed E-state index contributed by atoms with van der Waals surface area (Å²) in [5.74, 6) is -0.466. The number of rotatable bonds is 5. The van der Waals surface area contributed by atoms with E-state index in [1.807, 2.05) is 12.1 Å². The number of amides is 1. The zero-order valence-electron chi connectivity index (χ0n) is 13.8. The number of para-hydroxylation sites is 1. The highest BCUT2D eigenvalue weighted by atomic mass is 32.2. The van der Waals surface area contributed by atoms with Gasteiger partial charge in [0.15, 0.2) is 5.16 Å². The first-order valence-electron chi connectivity index (χ1n) is 8.31. The first-order valence-corrected chi connectivity index (χ1v) is 9.30. The molecule has 0 saturated heterocycles. The van der Waals surface area contributed by atoms with E-state index in [0.29, 0.717) is 21.7 Å². The van der Waals surface area contributed by atoms with E-state index in [9.17, 15) is 14.0 Å². The van der Waals surface area contributed by atoms with Crippen LogP contribution in [0, 0.1) is 5.82 Å². The molecule has 132 valence electrons. The predicted molar refractivity (Wildman–Crippen MR) is 100 cm³/mol. The summed E-state index contributed by atoms with van der Waals surface area (Å²) in [6, 6.07) is 13.0. The average Bonchev–Trinajstić information content (AvgIpc) is 3.47. The lowest BCUT2D eigenvalue weighted by molar-refractivity contribution is -0.113. The van der Waals surface area contributed by atoms with E-state index in [-0.39, 0.29) is 29.1 Å². The van der Waals surface area contributed by atoms with Crippen molar-refractivity contribution in [3.05, 3.63) is 64.7 Å². The molecule has 2 aromatic carbocycles. The van der Waals surface area contributed by atoms with Gasteiger partial charge >= 0.3 is 0 Å². The summed E-state index contributed by atoms with van der Waals surface area (Å²) in [6.07, 6.45) is 1.91. The molecule has 0 unspecified atom stereocenters. The molecule has 5 nitrogen and oxygen atoms in total. The smallest absolute Gasteiger partial charge is 0.262 e. The molecule has 4 rings (SSSR count). The average molecular weight is 369 g/mol. The number of nitrogens with zero attached hydrogens (tertiary/aromatic N) is 2. The number of thioether (sulfide) groups is 1. The lowest BCUT2D eigenvalue weighted by Crippen LogP contribution is -2.23. The lowest BCUT2D eigenvalue weighted by atomic mass is 10.2. The third kappa shape index (κ3) is 3.48. The van der Waals surface area contributed by atoms with Crippen molar-refractivity contribution >= 4 is 34.3 Å². The summed E-state index contributed by atoms with van der Waals surface area (Å²) in [7, 11) is 0. The Hall–Kier alpha value is -2.67. The first-order chi connectivity index (χ1) is 12.6. The van der Waals surface area contributed by atoms with E-state index in [2.05, 4.69) is 10.3 Å². The second-order valence-corrected chi connectivity index (χ2v) is 7.10. The molecule has 1 aliphatic carbocycles. The Morgan fingerprint density at radius 3 is 2.65 bits per heavy atom. The van der Waals surface area contributed by atoms with Crippen molar-refractivity contribution in [3.63, 3.8) is 0 Å². The number of nitrogens with one attached hydrogen (secondary N) is 1. The Morgan fingerprint density at radius 1 is 1.19 bits per heavy atom. The number of hydrogen-bond donors (Lipinski definition) is 1. The molecule has 0 aliphatic heterocycles. The molecular weight excluding hydrogens is 353 g/mol. The van der Waals surface area contributed by atoms with Gasteiger partial charge in [0.25, 0.3) is 5.56 Å². The first kappa shape index (κ1) is 16.8. The van der Waals surface area contributed by atoms with Crippen molar-refractivity contribution in [1.29, 1.82) is 0 Å². The number of fused-ring (bicyclic) bond motifs is 1. The van der Waals surface area contributed by atoms with Gasteiger partial charge in [0.1, 0.15) is 5.82 Å². The van der Waals surface area contributed by atoms with E-state index in [1.54, 1.807) is 16.7 Å². The molecule has 1 N–H and O–H groups in total. The normalized spacial score (nSPS) is 13.7. The number of aromatic nitrogens is 2. The summed E-state index contributed by atoms with van der Waals surface area (Å²) in [4.78, 5) is 29.5. The Balaban J connectivity index is 1.55. The molecule has 0 radical (unpaired) electrons. The second kappa shape index (κ2) is 6.92. The summed E-state index contributed by atoms with van der Waals surface area (Å²) in [6.45, 7) is 0. The number of benzene rings is 2. The van der Waals surface area contributed by atoms with E-state index in [0.717, 1.165) is 12.8 Å². The van der Waals surface area contributed by atoms with Gasteiger partial charge in [0.2, 0.25) is 5.91 Å². The number of carbonyl (C=O) groups excluding carboxylic acids is 1. The van der Waals surface area contributed by atoms with Crippen molar-refractivity contribution in [2.75, 3.05) is 11.1 Å². The van der Waals surface area contributed by atoms with Crippen molar-refractivity contribution in [2.24, 2.45) is 0 Å². The Bertz CT molecular complexity index is 1030. The lowest BCUT2D eigenvalue weighted by Gasteiger charge is -2.12. The molecule has 26 heavy (non-hydrogen) atoms. The third-order valence-electron chi connectivity index (χ3n) is 4.15. The highest BCUT2D eigenvalue weighted by Gasteiger charge is 2.28. The molecular formula is C19H16FN3O2S. The predicted octanol–water partition coefficient (Wildman–Crippen LogP) is 3.60. The van der Waals surface area contributed by atoms with Crippen LogP contribution in [0.3, 0.4) is 0 Å². The quantitative estimate of drug-likeness (QED) is 0.551. The Kier molecular flexibility index (Phi) is 4.46. The standard InChI is InChI=1S/C19H16FN3O2S/c20-12-5-7-13(8-6-12)21-17(24)11-26-19-22-16-4-2-1-3-15(16)18(25)23(19)14-9-10-14/h1-8,14H,9-11H2,(H,21,24). The van der Waals surface area contributed by atoms with Gasteiger partial charge in [-0.1, -0.05) is 23.9 Å². The van der Waals surface area contributed by atoms with Crippen LogP contribution in [0.25, 0.3) is 10.9 Å². The van der Waals surface area contributed by atoms with Gasteiger partial charge < -0.3 is 5.32 Å². The molecule has 1 amide bonds. The maximum absolute atomic E-state index is 12.9. The maximum atomic E-state index is 12.9. The van der Waals surface area contributed by atoms with Gasteiger partial charge in [-0.05, 0) is 49.2 Å². The Morgan fingerprint density at radius 2 is 1.92 bits per heavy atom. The summed E-state index contributed by atoms with van der Waals surface area (Å²) in [5, 5.41) is 3.87. The molecule has 3 aromatic rings. The largest absolute Gasteiger partial charge is 0.325 e. The van der Waals surface area contributed by atoms with E-state index in [1.165, 1.54) is 36.0 Å². The fourth-order valence-electron chi connectivity index (χ4n) is 2.74. The van der Waals surface area contributed by atoms with Crippen LogP contribution in [-0.4, -0.2) is 21.2 Å². The van der Waals surface area contributed by atoms with Gasteiger partial charge in [-0.25, -0.2) is 9.37 Å². The highest BCUT2D eigenvalue weighted by Crippen LogP contribution is 2.36. The van der Waals surface area contributed by atoms with Gasteiger partial charge in [0.05, 0.1) is 16.7 Å². The van der Waals surface area contributed by atoms with Crippen LogP contribution in [0.1, 0.15) is 18.9 Å². The zero-order valence-corrected chi connectivity index (χ0v) is 14.6. The minimum absolute atomic E-state index is 0.0560. The van der Waals surface area contributed by atoms with Crippen LogP contribution < -0.4 is 10.9 Å². The minimum atomic E-state index is -0.355. The number of hydrogen-bond acceptors (Lipinski definition) is 4. The van der Waals surface area contributed by atoms with Crippen molar-refractivity contribution in [2.45, 2.75) is 24.0 Å². The molecule has 1 fully saturated rings. The van der Waals surface area contributed by atoms with Gasteiger partial charge in [-0.15, -0.1) is 0 Å². The van der Waals surface area contributed by atoms with Crippen LogP contribution in [0.15, 0.2) is 58.5 Å². The maximum Gasteiger partial charge on any atom is 0.262 e. The monoisotopic (exact) mass is 369 g/mol. The molecule has 0 bridgehead atoms. The van der Waals surface area contributed by atoms with Crippen LogP contribution in [0.5, 0.6) is 0 Å². The number of anilines is 1. The van der Waals surface area contributed by atoms with Gasteiger partial charge in [-0.3, -0.25) is 14.2 Å². The molecule has 1 aliphatic rings. The van der Waals surface area contributed by atoms with Crippen LogP contribution in [0.2, 0.25) is 0 Å². The van der Waals surface area contributed by atoms with Crippen LogP contribution >= 0.6 is 11.8 Å². The SMILES string of the molecule is O=C(CSc1nc2ccccc2c(=O)n1C1CC1)Nc1ccc(F)cc1. The topological polar surface area (TPSA) is 64.0 Å². The fraction of sp³-hybridized carbons (Fsp3) is 0.211. The molecule has 0 atom stereocenters. The van der Waals surface area contributed by atoms with E-state index < -0.39 is 0 Å². The van der Waals surface area contributed by atoms with E-state index in [4.69, 9.17) is 0 Å². The number of halogens is 1. The molecule has 1 saturated carbocycles. The van der Waals surface area contributed by atoms with Crippen molar-refractivity contribution in [3.8, 4) is 0 Å². The van der Waals surface area contributed by atoms with Crippen molar-refractivity contribution < 1.29 is 9.18 Å². The Labute approximate surface area is 153 Å². The summed E-state index contributed by atoms with van der Waals surface area (Å²) >= 11 is 1.24. The highest BCUT2D eigenvalue weighted by molar-refractivity contribution is 7.99. The molecule has 0 spiro atoms. The van der Waals surface area contributed by atoms with Crippen molar-refractivity contribution in [1.82, 2.24) is 9.55 Å². The van der Waals surface area contributed by atoms with Gasteiger partial charge in [-0.2, -0.15) is 0 Å². The number of carbonyl (C=O) groups is 1. The fourth-order valence-corrected chi connectivity index (χ4v) is 3.61. The van der Waals surface area contributed by atoms with Crippen LogP contribution in [-0.2, 0) is 4.79 Å². The summed E-state index contributed by atoms with van der Waals surface area (Å²) < 4.78 is 14.6. The molecule has 7 heteroatoms. The van der Waals surface area contributed by atoms with Crippen LogP contribution in [0.4, 0.5) is 10.1 Å².